The third-order valence-electron chi connectivity index (χ3n) is 5.09. The van der Waals surface area contributed by atoms with Crippen molar-refractivity contribution in [2.24, 2.45) is 4.99 Å². The van der Waals surface area contributed by atoms with Gasteiger partial charge in [0.05, 0.1) is 6.54 Å². The van der Waals surface area contributed by atoms with Crippen LogP contribution in [0.1, 0.15) is 40.7 Å². The summed E-state index contributed by atoms with van der Waals surface area (Å²) < 4.78 is 0. The number of aliphatic imine (C=N–C) groups is 1. The molecule has 3 aromatic carbocycles. The van der Waals surface area contributed by atoms with Crippen LogP contribution in [0.3, 0.4) is 0 Å². The van der Waals surface area contributed by atoms with Crippen molar-refractivity contribution >= 4 is 5.71 Å². The zero-order valence-electron chi connectivity index (χ0n) is 14.7. The summed E-state index contributed by atoms with van der Waals surface area (Å²) in [4.78, 5) is 5.00. The minimum atomic E-state index is 0.363. The largest absolute Gasteiger partial charge is 0.288 e. The summed E-state index contributed by atoms with van der Waals surface area (Å²) in [6, 6.07) is 28.4. The van der Waals surface area contributed by atoms with E-state index in [9.17, 15) is 0 Å². The lowest BCUT2D eigenvalue weighted by molar-refractivity contribution is 0.797. The molecule has 0 saturated carbocycles. The number of nitrogens with zero attached hydrogens (tertiary/aromatic N) is 1. The maximum absolute atomic E-state index is 5.00. The molecule has 4 rings (SSSR count). The summed E-state index contributed by atoms with van der Waals surface area (Å²) in [5.74, 6) is 0.363. The van der Waals surface area contributed by atoms with Crippen molar-refractivity contribution in [2.45, 2.75) is 25.7 Å². The van der Waals surface area contributed by atoms with E-state index in [0.29, 0.717) is 5.92 Å². The van der Waals surface area contributed by atoms with Gasteiger partial charge in [-0.05, 0) is 34.2 Å². The number of rotatable bonds is 4. The number of hydrogen-bond acceptors (Lipinski definition) is 1. The van der Waals surface area contributed by atoms with Gasteiger partial charge in [0, 0.05) is 18.1 Å². The highest BCUT2D eigenvalue weighted by molar-refractivity contribution is 6.04. The average Bonchev–Trinajstić information content (AvgIpc) is 2.69. The Morgan fingerprint density at radius 3 is 2.28 bits per heavy atom. The van der Waals surface area contributed by atoms with Crippen LogP contribution >= 0.6 is 0 Å². The molecule has 0 fully saturated rings. The Labute approximate surface area is 150 Å². The summed E-state index contributed by atoms with van der Waals surface area (Å²) in [6.45, 7) is 3.06. The van der Waals surface area contributed by atoms with Gasteiger partial charge in [0.2, 0.25) is 0 Å². The molecule has 0 N–H and O–H groups in total. The van der Waals surface area contributed by atoms with Crippen molar-refractivity contribution < 1.29 is 0 Å². The zero-order valence-corrected chi connectivity index (χ0v) is 14.7. The van der Waals surface area contributed by atoms with Crippen molar-refractivity contribution in [3.05, 3.63) is 107 Å². The summed E-state index contributed by atoms with van der Waals surface area (Å²) in [5.41, 5.74) is 8.06. The fourth-order valence-electron chi connectivity index (χ4n) is 3.68. The van der Waals surface area contributed by atoms with E-state index in [1.54, 1.807) is 0 Å². The Balaban J connectivity index is 1.75. The molecule has 1 unspecified atom stereocenters. The van der Waals surface area contributed by atoms with Crippen LogP contribution in [-0.4, -0.2) is 12.3 Å². The SMILES string of the molecule is CCc1ccc2c(c1)C(c1ccccc1)CN=C2Cc1ccccc1. The van der Waals surface area contributed by atoms with Crippen molar-refractivity contribution in [1.29, 1.82) is 0 Å². The van der Waals surface area contributed by atoms with E-state index in [1.165, 1.54) is 33.5 Å². The maximum Gasteiger partial charge on any atom is 0.0502 e. The predicted molar refractivity (Wildman–Crippen MR) is 106 cm³/mol. The molecule has 0 bridgehead atoms. The van der Waals surface area contributed by atoms with Crippen molar-refractivity contribution in [3.63, 3.8) is 0 Å². The lowest BCUT2D eigenvalue weighted by Gasteiger charge is -2.26. The predicted octanol–water partition coefficient (Wildman–Crippen LogP) is 5.43. The highest BCUT2D eigenvalue weighted by atomic mass is 14.8. The molecule has 0 spiro atoms. The van der Waals surface area contributed by atoms with Crippen LogP contribution in [0, 0.1) is 0 Å². The minimum Gasteiger partial charge on any atom is -0.288 e. The van der Waals surface area contributed by atoms with Crippen LogP contribution in [0.15, 0.2) is 83.9 Å². The summed E-state index contributed by atoms with van der Waals surface area (Å²) in [5, 5.41) is 0. The molecular formula is C24H23N. The van der Waals surface area contributed by atoms with Crippen LogP contribution in [0.2, 0.25) is 0 Å². The van der Waals surface area contributed by atoms with E-state index in [-0.39, 0.29) is 0 Å². The highest BCUT2D eigenvalue weighted by Gasteiger charge is 2.24. The fourth-order valence-corrected chi connectivity index (χ4v) is 3.68. The van der Waals surface area contributed by atoms with Gasteiger partial charge in [-0.1, -0.05) is 85.8 Å². The number of hydrogen-bond donors (Lipinski definition) is 0. The molecule has 1 heterocycles. The summed E-state index contributed by atoms with van der Waals surface area (Å²) in [6.07, 6.45) is 1.97. The molecule has 1 aliphatic rings. The van der Waals surface area contributed by atoms with Crippen molar-refractivity contribution in [1.82, 2.24) is 0 Å². The summed E-state index contributed by atoms with van der Waals surface area (Å²) in [7, 11) is 0. The van der Waals surface area contributed by atoms with Gasteiger partial charge in [-0.3, -0.25) is 4.99 Å². The smallest absolute Gasteiger partial charge is 0.0502 e. The van der Waals surface area contributed by atoms with Gasteiger partial charge in [0.15, 0.2) is 0 Å². The molecule has 25 heavy (non-hydrogen) atoms. The Morgan fingerprint density at radius 1 is 0.840 bits per heavy atom. The molecule has 0 radical (unpaired) electrons. The Hall–Kier alpha value is -2.67. The van der Waals surface area contributed by atoms with E-state index in [4.69, 9.17) is 4.99 Å². The van der Waals surface area contributed by atoms with E-state index in [0.717, 1.165) is 19.4 Å². The molecule has 0 saturated heterocycles. The van der Waals surface area contributed by atoms with Crippen LogP contribution < -0.4 is 0 Å². The standard InChI is InChI=1S/C24H23N/c1-2-18-13-14-21-22(15-18)23(20-11-7-4-8-12-20)17-25-24(21)16-19-9-5-3-6-10-19/h3-15,23H,2,16-17H2,1H3. The highest BCUT2D eigenvalue weighted by Crippen LogP contribution is 2.33. The third-order valence-corrected chi connectivity index (χ3v) is 5.09. The summed E-state index contributed by atoms with van der Waals surface area (Å²) >= 11 is 0. The maximum atomic E-state index is 5.00. The lowest BCUT2D eigenvalue weighted by atomic mass is 9.82. The second kappa shape index (κ2) is 7.06. The molecule has 124 valence electrons. The topological polar surface area (TPSA) is 12.4 Å². The van der Waals surface area contributed by atoms with E-state index < -0.39 is 0 Å². The Kier molecular flexibility index (Phi) is 4.47. The molecule has 1 aliphatic heterocycles. The van der Waals surface area contributed by atoms with Crippen LogP contribution in [0.5, 0.6) is 0 Å². The first-order valence-electron chi connectivity index (χ1n) is 9.10. The van der Waals surface area contributed by atoms with Crippen molar-refractivity contribution in [2.75, 3.05) is 6.54 Å². The number of fused-ring (bicyclic) bond motifs is 1. The first kappa shape index (κ1) is 15.8. The molecule has 3 aromatic rings. The first-order chi connectivity index (χ1) is 12.3. The molecule has 0 amide bonds. The second-order valence-corrected chi connectivity index (χ2v) is 6.69. The van der Waals surface area contributed by atoms with Gasteiger partial charge in [0.1, 0.15) is 0 Å². The van der Waals surface area contributed by atoms with E-state index in [2.05, 4.69) is 85.8 Å². The fraction of sp³-hybridized carbons (Fsp3) is 0.208. The normalized spacial score (nSPS) is 16.2. The molecule has 1 atom stereocenters. The average molecular weight is 325 g/mol. The van der Waals surface area contributed by atoms with Gasteiger partial charge in [-0.2, -0.15) is 0 Å². The van der Waals surface area contributed by atoms with Gasteiger partial charge < -0.3 is 0 Å². The zero-order chi connectivity index (χ0) is 17.1. The first-order valence-corrected chi connectivity index (χ1v) is 9.10. The minimum absolute atomic E-state index is 0.363. The quantitative estimate of drug-likeness (QED) is 0.607. The third kappa shape index (κ3) is 3.28. The Bertz CT molecular complexity index is 878. The molecule has 1 nitrogen and oxygen atoms in total. The number of benzene rings is 3. The lowest BCUT2D eigenvalue weighted by Crippen LogP contribution is -2.20. The van der Waals surface area contributed by atoms with E-state index in [1.807, 2.05) is 0 Å². The number of aryl methyl sites for hydroxylation is 1. The van der Waals surface area contributed by atoms with Crippen LogP contribution in [-0.2, 0) is 12.8 Å². The Morgan fingerprint density at radius 2 is 1.56 bits per heavy atom. The van der Waals surface area contributed by atoms with Crippen molar-refractivity contribution in [3.8, 4) is 0 Å². The van der Waals surface area contributed by atoms with Gasteiger partial charge in [-0.25, -0.2) is 0 Å². The molecule has 0 aromatic heterocycles. The second-order valence-electron chi connectivity index (χ2n) is 6.69. The van der Waals surface area contributed by atoms with Gasteiger partial charge >= 0.3 is 0 Å². The van der Waals surface area contributed by atoms with Gasteiger partial charge in [-0.15, -0.1) is 0 Å². The van der Waals surface area contributed by atoms with Crippen LogP contribution in [0.25, 0.3) is 0 Å². The van der Waals surface area contributed by atoms with E-state index >= 15 is 0 Å². The molecule has 1 heteroatoms. The van der Waals surface area contributed by atoms with Gasteiger partial charge in [0.25, 0.3) is 0 Å². The monoisotopic (exact) mass is 325 g/mol. The molecule has 0 aliphatic carbocycles. The molecular weight excluding hydrogens is 302 g/mol. The van der Waals surface area contributed by atoms with Crippen LogP contribution in [0.4, 0.5) is 0 Å².